The zero-order valence-electron chi connectivity index (χ0n) is 9.59. The van der Waals surface area contributed by atoms with Gasteiger partial charge in [0.05, 0.1) is 10.6 Å². The maximum Gasteiger partial charge on any atom is 0.195 e. The molecule has 0 fully saturated rings. The minimum atomic E-state index is -0.0143. The zero-order valence-corrected chi connectivity index (χ0v) is 10.4. The Morgan fingerprint density at radius 2 is 1.78 bits per heavy atom. The summed E-state index contributed by atoms with van der Waals surface area (Å²) in [5.41, 5.74) is 7.06. The second kappa shape index (κ2) is 4.27. The number of anilines is 1. The van der Waals surface area contributed by atoms with Gasteiger partial charge in [-0.05, 0) is 28.3 Å². The van der Waals surface area contributed by atoms with Crippen LogP contribution in [0.3, 0.4) is 0 Å². The fraction of sp³-hybridized carbons (Fsp3) is 0. The fourth-order valence-electron chi connectivity index (χ4n) is 1.99. The lowest BCUT2D eigenvalue weighted by molar-refractivity contribution is 0.104. The van der Waals surface area contributed by atoms with Crippen molar-refractivity contribution < 1.29 is 4.79 Å². The second-order valence-corrected chi connectivity index (χ2v) is 5.04. The lowest BCUT2D eigenvalue weighted by Crippen LogP contribution is -2.02. The average molecular weight is 253 g/mol. The van der Waals surface area contributed by atoms with Crippen LogP contribution < -0.4 is 5.73 Å². The predicted molar refractivity (Wildman–Crippen MR) is 76.1 cm³/mol. The Labute approximate surface area is 109 Å². The number of hydrogen-bond donors (Lipinski definition) is 1. The van der Waals surface area contributed by atoms with E-state index in [1.165, 1.54) is 11.3 Å². The number of carbonyl (C=O) groups excluding carboxylic acids is 1. The van der Waals surface area contributed by atoms with Gasteiger partial charge in [-0.25, -0.2) is 0 Å². The third kappa shape index (κ3) is 1.79. The van der Waals surface area contributed by atoms with Gasteiger partial charge < -0.3 is 5.73 Å². The van der Waals surface area contributed by atoms with Crippen molar-refractivity contribution in [3.63, 3.8) is 0 Å². The first-order chi connectivity index (χ1) is 8.75. The molecule has 1 heterocycles. The first-order valence-electron chi connectivity index (χ1n) is 5.62. The molecule has 0 bridgehead atoms. The van der Waals surface area contributed by atoms with E-state index in [0.29, 0.717) is 16.1 Å². The standard InChI is InChI=1S/C15H11NOS/c16-15-13(7-8-18-15)14(17)12-6-5-10-3-1-2-4-11(10)9-12/h1-9H,16H2. The van der Waals surface area contributed by atoms with E-state index in [-0.39, 0.29) is 5.78 Å². The Hall–Kier alpha value is -2.13. The minimum Gasteiger partial charge on any atom is -0.390 e. The van der Waals surface area contributed by atoms with E-state index in [4.69, 9.17) is 5.73 Å². The van der Waals surface area contributed by atoms with Gasteiger partial charge in [-0.15, -0.1) is 11.3 Å². The number of fused-ring (bicyclic) bond motifs is 1. The predicted octanol–water partition coefficient (Wildman–Crippen LogP) is 3.71. The van der Waals surface area contributed by atoms with Crippen LogP contribution in [0.5, 0.6) is 0 Å². The topological polar surface area (TPSA) is 43.1 Å². The van der Waals surface area contributed by atoms with Crippen molar-refractivity contribution in [3.8, 4) is 0 Å². The molecule has 1 aromatic heterocycles. The maximum atomic E-state index is 12.3. The molecule has 3 aromatic rings. The number of nitrogens with two attached hydrogens (primary N) is 1. The summed E-state index contributed by atoms with van der Waals surface area (Å²) in [6.07, 6.45) is 0. The van der Waals surface area contributed by atoms with Gasteiger partial charge in [-0.2, -0.15) is 0 Å². The monoisotopic (exact) mass is 253 g/mol. The molecule has 0 amide bonds. The summed E-state index contributed by atoms with van der Waals surface area (Å²) in [4.78, 5) is 12.3. The van der Waals surface area contributed by atoms with E-state index in [1.54, 1.807) is 6.07 Å². The number of nitrogen functional groups attached to an aromatic ring is 1. The third-order valence-electron chi connectivity index (χ3n) is 2.95. The Morgan fingerprint density at radius 1 is 1.00 bits per heavy atom. The van der Waals surface area contributed by atoms with Crippen LogP contribution in [-0.2, 0) is 0 Å². The average Bonchev–Trinajstić information content (AvgIpc) is 2.83. The second-order valence-electron chi connectivity index (χ2n) is 4.09. The van der Waals surface area contributed by atoms with E-state index >= 15 is 0 Å². The summed E-state index contributed by atoms with van der Waals surface area (Å²) < 4.78 is 0. The molecule has 18 heavy (non-hydrogen) atoms. The SMILES string of the molecule is Nc1sccc1C(=O)c1ccc2ccccc2c1. The molecule has 0 unspecified atom stereocenters. The summed E-state index contributed by atoms with van der Waals surface area (Å²) in [5, 5.41) is 4.61. The number of rotatable bonds is 2. The highest BCUT2D eigenvalue weighted by Gasteiger charge is 2.13. The Balaban J connectivity index is 2.10. The van der Waals surface area contributed by atoms with E-state index < -0.39 is 0 Å². The van der Waals surface area contributed by atoms with Crippen LogP contribution in [-0.4, -0.2) is 5.78 Å². The number of thiophene rings is 1. The molecule has 0 atom stereocenters. The molecular formula is C15H11NOS. The Kier molecular flexibility index (Phi) is 2.61. The summed E-state index contributed by atoms with van der Waals surface area (Å²) in [7, 11) is 0. The first kappa shape index (κ1) is 11.0. The highest BCUT2D eigenvalue weighted by atomic mass is 32.1. The quantitative estimate of drug-likeness (QED) is 0.707. The smallest absolute Gasteiger partial charge is 0.195 e. The van der Waals surface area contributed by atoms with Crippen LogP contribution in [0, 0.1) is 0 Å². The summed E-state index contributed by atoms with van der Waals surface area (Å²) in [6.45, 7) is 0. The molecule has 2 N–H and O–H groups in total. The first-order valence-corrected chi connectivity index (χ1v) is 6.50. The number of hydrogen-bond acceptors (Lipinski definition) is 3. The Morgan fingerprint density at radius 3 is 2.50 bits per heavy atom. The van der Waals surface area contributed by atoms with Crippen LogP contribution >= 0.6 is 11.3 Å². The molecule has 0 aliphatic heterocycles. The molecule has 2 nitrogen and oxygen atoms in total. The van der Waals surface area contributed by atoms with Gasteiger partial charge in [0, 0.05) is 5.56 Å². The van der Waals surface area contributed by atoms with Crippen LogP contribution in [0.25, 0.3) is 10.8 Å². The van der Waals surface area contributed by atoms with E-state index in [2.05, 4.69) is 0 Å². The zero-order chi connectivity index (χ0) is 12.5. The molecule has 2 aromatic carbocycles. The lowest BCUT2D eigenvalue weighted by Gasteiger charge is -2.02. The molecule has 0 aliphatic carbocycles. The van der Waals surface area contributed by atoms with Crippen molar-refractivity contribution in [2.75, 3.05) is 5.73 Å². The van der Waals surface area contributed by atoms with Gasteiger partial charge in [-0.3, -0.25) is 4.79 Å². The minimum absolute atomic E-state index is 0.0143. The van der Waals surface area contributed by atoms with Crippen LogP contribution in [0.1, 0.15) is 15.9 Å². The van der Waals surface area contributed by atoms with Gasteiger partial charge in [0.15, 0.2) is 5.78 Å². The van der Waals surface area contributed by atoms with Crippen molar-refractivity contribution in [1.82, 2.24) is 0 Å². The maximum absolute atomic E-state index is 12.3. The number of benzene rings is 2. The lowest BCUT2D eigenvalue weighted by atomic mass is 10.0. The highest BCUT2D eigenvalue weighted by molar-refractivity contribution is 7.14. The molecule has 0 aliphatic rings. The molecule has 3 heteroatoms. The molecule has 0 radical (unpaired) electrons. The molecule has 0 saturated carbocycles. The van der Waals surface area contributed by atoms with Crippen LogP contribution in [0.4, 0.5) is 5.00 Å². The normalized spacial score (nSPS) is 10.7. The molecule has 3 rings (SSSR count). The number of ketones is 1. The van der Waals surface area contributed by atoms with Crippen molar-refractivity contribution in [3.05, 3.63) is 65.0 Å². The summed E-state index contributed by atoms with van der Waals surface area (Å²) in [5.74, 6) is -0.0143. The van der Waals surface area contributed by atoms with Crippen molar-refractivity contribution in [1.29, 1.82) is 0 Å². The van der Waals surface area contributed by atoms with Gasteiger partial charge >= 0.3 is 0 Å². The van der Waals surface area contributed by atoms with Crippen LogP contribution in [0.15, 0.2) is 53.9 Å². The van der Waals surface area contributed by atoms with Crippen molar-refractivity contribution >= 4 is 32.9 Å². The summed E-state index contributed by atoms with van der Waals surface area (Å²) in [6, 6.07) is 15.5. The molecular weight excluding hydrogens is 242 g/mol. The molecule has 0 spiro atoms. The van der Waals surface area contributed by atoms with Crippen molar-refractivity contribution in [2.45, 2.75) is 0 Å². The van der Waals surface area contributed by atoms with E-state index in [1.807, 2.05) is 47.8 Å². The number of carbonyl (C=O) groups is 1. The van der Waals surface area contributed by atoms with E-state index in [9.17, 15) is 4.79 Å². The van der Waals surface area contributed by atoms with Gasteiger partial charge in [0.1, 0.15) is 0 Å². The molecule has 0 saturated heterocycles. The highest BCUT2D eigenvalue weighted by Crippen LogP contribution is 2.24. The summed E-state index contributed by atoms with van der Waals surface area (Å²) >= 11 is 1.39. The van der Waals surface area contributed by atoms with Crippen molar-refractivity contribution in [2.24, 2.45) is 0 Å². The van der Waals surface area contributed by atoms with Gasteiger partial charge in [-0.1, -0.05) is 36.4 Å². The van der Waals surface area contributed by atoms with Gasteiger partial charge in [0.25, 0.3) is 0 Å². The Bertz CT molecular complexity index is 730. The van der Waals surface area contributed by atoms with E-state index in [0.717, 1.165) is 10.8 Å². The van der Waals surface area contributed by atoms with Crippen LogP contribution in [0.2, 0.25) is 0 Å². The third-order valence-corrected chi connectivity index (χ3v) is 3.70. The largest absolute Gasteiger partial charge is 0.390 e. The molecule has 88 valence electrons. The van der Waals surface area contributed by atoms with Gasteiger partial charge in [0.2, 0.25) is 0 Å². The fourth-order valence-corrected chi connectivity index (χ4v) is 2.63.